The summed E-state index contributed by atoms with van der Waals surface area (Å²) >= 11 is 6.61. The summed E-state index contributed by atoms with van der Waals surface area (Å²) in [6.07, 6.45) is 6.27. The minimum Gasteiger partial charge on any atom is -0.478 e. The average Bonchev–Trinajstić information content (AvgIpc) is 2.86. The van der Waals surface area contributed by atoms with Gasteiger partial charge in [0.05, 0.1) is 12.6 Å². The third-order valence-electron chi connectivity index (χ3n) is 6.39. The maximum absolute atomic E-state index is 12.8. The van der Waals surface area contributed by atoms with Gasteiger partial charge in [0.15, 0.2) is 5.78 Å². The highest BCUT2D eigenvalue weighted by Gasteiger charge is 2.26. The molecule has 1 aliphatic rings. The summed E-state index contributed by atoms with van der Waals surface area (Å²) < 4.78 is 10.9. The molecule has 0 saturated heterocycles. The Kier molecular flexibility index (Phi) is 10.3. The number of aryl methyl sites for hydroxylation is 1. The monoisotopic (exact) mass is 523 g/mol. The molecule has 0 saturated carbocycles. The number of aliphatic carboxylic acids is 1. The van der Waals surface area contributed by atoms with Crippen LogP contribution in [0.25, 0.3) is 11.8 Å². The Labute approximate surface area is 223 Å². The molecule has 3 rings (SSSR count). The minimum absolute atomic E-state index is 0.0957. The largest absolute Gasteiger partial charge is 0.478 e. The van der Waals surface area contributed by atoms with Crippen LogP contribution in [0, 0.1) is 6.92 Å². The van der Waals surface area contributed by atoms with E-state index in [9.17, 15) is 14.7 Å². The molecule has 0 fully saturated rings. The molecular formula is C30H34ClNO5. The third-order valence-corrected chi connectivity index (χ3v) is 6.74. The Morgan fingerprint density at radius 1 is 1.22 bits per heavy atom. The fourth-order valence-electron chi connectivity index (χ4n) is 4.29. The van der Waals surface area contributed by atoms with Gasteiger partial charge in [-0.15, -0.1) is 0 Å². The third kappa shape index (κ3) is 7.41. The Hall–Kier alpha value is -3.19. The summed E-state index contributed by atoms with van der Waals surface area (Å²) in [5.41, 5.74) is 6.31. The van der Waals surface area contributed by atoms with Gasteiger partial charge in [0.2, 0.25) is 0 Å². The number of hydrogen-bond acceptors (Lipinski definition) is 5. The molecule has 1 unspecified atom stereocenters. The van der Waals surface area contributed by atoms with Crippen molar-refractivity contribution in [3.63, 3.8) is 0 Å². The van der Waals surface area contributed by atoms with Crippen LogP contribution in [0.5, 0.6) is 0 Å². The lowest BCUT2D eigenvalue weighted by atomic mass is 9.87. The van der Waals surface area contributed by atoms with Crippen LogP contribution >= 0.6 is 11.6 Å². The summed E-state index contributed by atoms with van der Waals surface area (Å²) in [4.78, 5) is 24.4. The van der Waals surface area contributed by atoms with Crippen LogP contribution < -0.4 is 5.32 Å². The number of carboxylic acids is 1. The molecule has 0 bridgehead atoms. The molecule has 2 N–H and O–H groups in total. The van der Waals surface area contributed by atoms with Crippen molar-refractivity contribution in [1.82, 2.24) is 5.32 Å². The van der Waals surface area contributed by atoms with Crippen molar-refractivity contribution in [3.8, 4) is 0 Å². The highest BCUT2D eigenvalue weighted by Crippen LogP contribution is 2.33. The van der Waals surface area contributed by atoms with Crippen LogP contribution in [0.2, 0.25) is 5.02 Å². The van der Waals surface area contributed by atoms with E-state index in [1.807, 2.05) is 24.3 Å². The second-order valence-electron chi connectivity index (χ2n) is 9.08. The zero-order valence-electron chi connectivity index (χ0n) is 21.8. The number of carbonyl (C=O) groups is 2. The summed E-state index contributed by atoms with van der Waals surface area (Å²) in [5.74, 6) is -1.84. The lowest BCUT2D eigenvalue weighted by molar-refractivity contribution is -0.134. The van der Waals surface area contributed by atoms with Crippen LogP contribution in [0.3, 0.4) is 0 Å². The molecule has 1 aliphatic heterocycles. The number of carboxylic acid groups (broad SMARTS) is 1. The van der Waals surface area contributed by atoms with Crippen molar-refractivity contribution in [2.45, 2.75) is 46.3 Å². The molecule has 6 nitrogen and oxygen atoms in total. The lowest BCUT2D eigenvalue weighted by Gasteiger charge is -2.31. The van der Waals surface area contributed by atoms with Gasteiger partial charge in [-0.2, -0.15) is 0 Å². The molecule has 7 heteroatoms. The van der Waals surface area contributed by atoms with E-state index in [-0.39, 0.29) is 11.6 Å². The van der Waals surface area contributed by atoms with Gasteiger partial charge in [-0.3, -0.25) is 4.79 Å². The van der Waals surface area contributed by atoms with Gasteiger partial charge >= 0.3 is 5.97 Å². The normalized spacial score (nSPS) is 16.9. The average molecular weight is 524 g/mol. The molecular weight excluding hydrogens is 490 g/mol. The van der Waals surface area contributed by atoms with Gasteiger partial charge in [-0.1, -0.05) is 59.7 Å². The number of benzene rings is 2. The van der Waals surface area contributed by atoms with E-state index in [4.69, 9.17) is 21.1 Å². The Bertz CT molecular complexity index is 1240. The van der Waals surface area contributed by atoms with Crippen molar-refractivity contribution in [3.05, 3.63) is 92.5 Å². The molecule has 2 aromatic rings. The van der Waals surface area contributed by atoms with Crippen molar-refractivity contribution >= 4 is 35.1 Å². The van der Waals surface area contributed by atoms with Crippen molar-refractivity contribution in [1.29, 1.82) is 0 Å². The minimum atomic E-state index is -1.26. The standard InChI is InChI=1S/C30H34ClNO5/c1-5-24(30(34)35)29(33)17-28-25-16-26(31)23(18-37-12-8-11-36-4)14-22(25)15-27(32-28)20(3)13-21-10-7-6-9-19(21)2/h5-7,9-10,13-14,16-17,27,32H,8,11-12,15,18H2,1-4H3,(H,34,35)/b20-13+,24-5+,28-17-. The first-order valence-corrected chi connectivity index (χ1v) is 12.7. The van der Waals surface area contributed by atoms with E-state index in [1.165, 1.54) is 24.6 Å². The molecule has 196 valence electrons. The predicted octanol–water partition coefficient (Wildman–Crippen LogP) is 5.76. The smallest absolute Gasteiger partial charge is 0.339 e. The molecule has 1 heterocycles. The van der Waals surface area contributed by atoms with Crippen molar-refractivity contribution in [2.75, 3.05) is 20.3 Å². The van der Waals surface area contributed by atoms with Gasteiger partial charge < -0.3 is 19.9 Å². The summed E-state index contributed by atoms with van der Waals surface area (Å²) in [6, 6.07) is 11.9. The summed E-state index contributed by atoms with van der Waals surface area (Å²) in [7, 11) is 1.66. The van der Waals surface area contributed by atoms with Crippen LogP contribution in [0.1, 0.15) is 48.1 Å². The molecule has 0 aromatic heterocycles. The fraction of sp³-hybridized carbons (Fsp3) is 0.333. The maximum Gasteiger partial charge on any atom is 0.339 e. The van der Waals surface area contributed by atoms with E-state index in [0.29, 0.717) is 37.0 Å². The number of halogens is 1. The van der Waals surface area contributed by atoms with Gasteiger partial charge in [0.25, 0.3) is 0 Å². The Balaban J connectivity index is 1.99. The van der Waals surface area contributed by atoms with Crippen LogP contribution in [-0.4, -0.2) is 43.2 Å². The zero-order chi connectivity index (χ0) is 26.9. The fourth-order valence-corrected chi connectivity index (χ4v) is 4.51. The Morgan fingerprint density at radius 2 is 1.97 bits per heavy atom. The number of hydrogen-bond donors (Lipinski definition) is 2. The number of allylic oxidation sites excluding steroid dienone is 2. The van der Waals surface area contributed by atoms with Gasteiger partial charge in [0.1, 0.15) is 5.57 Å². The lowest BCUT2D eigenvalue weighted by Crippen LogP contribution is -2.36. The Morgan fingerprint density at radius 3 is 2.65 bits per heavy atom. The topological polar surface area (TPSA) is 84.9 Å². The van der Waals surface area contributed by atoms with Crippen molar-refractivity contribution < 1.29 is 24.2 Å². The van der Waals surface area contributed by atoms with E-state index >= 15 is 0 Å². The van der Waals surface area contributed by atoms with Crippen LogP contribution in [-0.2, 0) is 32.1 Å². The molecule has 1 atom stereocenters. The first-order chi connectivity index (χ1) is 17.7. The second kappa shape index (κ2) is 13.4. The maximum atomic E-state index is 12.8. The first kappa shape index (κ1) is 28.4. The van der Waals surface area contributed by atoms with Crippen LogP contribution in [0.15, 0.2) is 59.7 Å². The molecule has 2 aromatic carbocycles. The van der Waals surface area contributed by atoms with E-state index in [2.05, 4.69) is 37.4 Å². The van der Waals surface area contributed by atoms with Gasteiger partial charge in [0, 0.05) is 42.7 Å². The number of rotatable bonds is 11. The summed E-state index contributed by atoms with van der Waals surface area (Å²) in [6.45, 7) is 7.22. The van der Waals surface area contributed by atoms with E-state index < -0.39 is 11.8 Å². The van der Waals surface area contributed by atoms with Gasteiger partial charge in [-0.25, -0.2) is 4.79 Å². The highest BCUT2D eigenvalue weighted by molar-refractivity contribution is 6.31. The van der Waals surface area contributed by atoms with E-state index in [0.717, 1.165) is 34.2 Å². The molecule has 0 spiro atoms. The highest BCUT2D eigenvalue weighted by atomic mass is 35.5. The summed E-state index contributed by atoms with van der Waals surface area (Å²) in [5, 5.41) is 13.4. The quantitative estimate of drug-likeness (QED) is 0.168. The number of ketones is 1. The van der Waals surface area contributed by atoms with Crippen LogP contribution in [0.4, 0.5) is 0 Å². The van der Waals surface area contributed by atoms with E-state index in [1.54, 1.807) is 7.11 Å². The zero-order valence-corrected chi connectivity index (χ0v) is 22.5. The van der Waals surface area contributed by atoms with Crippen molar-refractivity contribution in [2.24, 2.45) is 0 Å². The number of nitrogens with one attached hydrogen (secondary N) is 1. The molecule has 0 amide bonds. The SMILES string of the molecule is C/C=C(/C(=O)O)C(=O)/C=C1\NC(/C(C)=C/c2ccccc2C)Cc2cc(COCCCOC)c(Cl)cc21. The number of ether oxygens (including phenoxy) is 2. The number of fused-ring (bicyclic) bond motifs is 1. The predicted molar refractivity (Wildman–Crippen MR) is 147 cm³/mol. The number of carbonyl (C=O) groups excluding carboxylic acids is 1. The molecule has 37 heavy (non-hydrogen) atoms. The molecule has 0 aliphatic carbocycles. The van der Waals surface area contributed by atoms with Gasteiger partial charge in [-0.05, 0) is 61.9 Å². The molecule has 0 radical (unpaired) electrons. The second-order valence-corrected chi connectivity index (χ2v) is 9.48. The first-order valence-electron chi connectivity index (χ1n) is 12.3. The number of methoxy groups -OCH3 is 1.